The second-order valence-corrected chi connectivity index (χ2v) is 5.66. The highest BCUT2D eigenvalue weighted by Crippen LogP contribution is 2.31. The van der Waals surface area contributed by atoms with E-state index in [-0.39, 0.29) is 5.91 Å². The van der Waals surface area contributed by atoms with Crippen LogP contribution in [0.25, 0.3) is 11.4 Å². The van der Waals surface area contributed by atoms with Crippen molar-refractivity contribution in [3.05, 3.63) is 48.5 Å². The van der Waals surface area contributed by atoms with Gasteiger partial charge in [-0.15, -0.1) is 0 Å². The Hall–Kier alpha value is -2.96. The maximum absolute atomic E-state index is 12.4. The van der Waals surface area contributed by atoms with E-state index in [1.54, 1.807) is 18.3 Å². The van der Waals surface area contributed by atoms with Gasteiger partial charge in [0.25, 0.3) is 5.91 Å². The molecular weight excluding hydrogens is 292 g/mol. The van der Waals surface area contributed by atoms with Gasteiger partial charge in [0.05, 0.1) is 17.9 Å². The summed E-state index contributed by atoms with van der Waals surface area (Å²) in [6.07, 6.45) is 8.60. The molecule has 1 saturated carbocycles. The average Bonchev–Trinajstić information content (AvgIpc) is 3.18. The standard InChI is InChI=1S/C16H16N6O/c23-16(20-13-8-19-22(9-13)14-5-2-6-14)12-4-1-3-11(7-12)15-17-10-18-21-15/h1,3-4,7-10,14H,2,5-6H2,(H,20,23)(H,17,18,21). The van der Waals surface area contributed by atoms with Crippen LogP contribution in [-0.4, -0.2) is 30.9 Å². The lowest BCUT2D eigenvalue weighted by atomic mass is 9.93. The Labute approximate surface area is 132 Å². The van der Waals surface area contributed by atoms with Gasteiger partial charge in [-0.2, -0.15) is 10.2 Å². The van der Waals surface area contributed by atoms with Gasteiger partial charge in [-0.3, -0.25) is 14.6 Å². The Bertz CT molecular complexity index is 819. The van der Waals surface area contributed by atoms with Gasteiger partial charge in [0, 0.05) is 17.3 Å². The van der Waals surface area contributed by atoms with Crippen LogP contribution < -0.4 is 5.32 Å². The van der Waals surface area contributed by atoms with E-state index < -0.39 is 0 Å². The van der Waals surface area contributed by atoms with Gasteiger partial charge in [0.15, 0.2) is 5.82 Å². The Kier molecular flexibility index (Phi) is 3.38. The van der Waals surface area contributed by atoms with E-state index in [0.29, 0.717) is 23.1 Å². The molecule has 0 saturated heterocycles. The van der Waals surface area contributed by atoms with Crippen LogP contribution in [0.2, 0.25) is 0 Å². The Morgan fingerprint density at radius 2 is 2.26 bits per heavy atom. The highest BCUT2D eigenvalue weighted by atomic mass is 16.1. The molecule has 0 radical (unpaired) electrons. The van der Waals surface area contributed by atoms with Gasteiger partial charge < -0.3 is 5.32 Å². The largest absolute Gasteiger partial charge is 0.319 e. The normalized spacial score (nSPS) is 14.4. The minimum atomic E-state index is -0.167. The number of nitrogens with one attached hydrogen (secondary N) is 2. The van der Waals surface area contributed by atoms with Gasteiger partial charge in [-0.05, 0) is 31.4 Å². The van der Waals surface area contributed by atoms with E-state index in [1.807, 2.05) is 23.0 Å². The number of benzene rings is 1. The number of amides is 1. The van der Waals surface area contributed by atoms with E-state index in [9.17, 15) is 4.79 Å². The van der Waals surface area contributed by atoms with Crippen LogP contribution in [0.1, 0.15) is 35.7 Å². The van der Waals surface area contributed by atoms with Crippen molar-refractivity contribution >= 4 is 11.6 Å². The van der Waals surface area contributed by atoms with Crippen molar-refractivity contribution in [1.29, 1.82) is 0 Å². The summed E-state index contributed by atoms with van der Waals surface area (Å²) in [6, 6.07) is 7.74. The number of hydrogen-bond acceptors (Lipinski definition) is 4. The van der Waals surface area contributed by atoms with Crippen LogP contribution in [0.3, 0.4) is 0 Å². The monoisotopic (exact) mass is 308 g/mol. The first-order valence-corrected chi connectivity index (χ1v) is 7.61. The molecule has 1 aliphatic carbocycles. The molecular formula is C16H16N6O. The summed E-state index contributed by atoms with van der Waals surface area (Å²) in [4.78, 5) is 16.5. The average molecular weight is 308 g/mol. The molecule has 0 atom stereocenters. The quantitative estimate of drug-likeness (QED) is 0.775. The van der Waals surface area contributed by atoms with E-state index in [0.717, 1.165) is 18.4 Å². The van der Waals surface area contributed by atoms with Crippen molar-refractivity contribution in [3.8, 4) is 11.4 Å². The van der Waals surface area contributed by atoms with Crippen molar-refractivity contribution in [1.82, 2.24) is 25.0 Å². The Morgan fingerprint density at radius 3 is 3.00 bits per heavy atom. The maximum atomic E-state index is 12.4. The van der Waals surface area contributed by atoms with Crippen LogP contribution in [0.4, 0.5) is 5.69 Å². The molecule has 1 amide bonds. The number of aromatic nitrogens is 5. The molecule has 23 heavy (non-hydrogen) atoms. The minimum absolute atomic E-state index is 0.167. The maximum Gasteiger partial charge on any atom is 0.255 e. The third kappa shape index (κ3) is 2.73. The zero-order chi connectivity index (χ0) is 15.6. The molecule has 0 aliphatic heterocycles. The number of aromatic amines is 1. The second-order valence-electron chi connectivity index (χ2n) is 5.66. The fourth-order valence-electron chi connectivity index (χ4n) is 2.61. The summed E-state index contributed by atoms with van der Waals surface area (Å²) in [7, 11) is 0. The van der Waals surface area contributed by atoms with Crippen molar-refractivity contribution in [2.75, 3.05) is 5.32 Å². The fraction of sp³-hybridized carbons (Fsp3) is 0.250. The SMILES string of the molecule is O=C(Nc1cnn(C2CCC2)c1)c1cccc(-c2ncn[nH]2)c1. The molecule has 7 nitrogen and oxygen atoms in total. The first-order chi connectivity index (χ1) is 11.3. The van der Waals surface area contributed by atoms with Crippen LogP contribution in [0, 0.1) is 0 Å². The van der Waals surface area contributed by atoms with Crippen molar-refractivity contribution in [2.45, 2.75) is 25.3 Å². The number of carbonyl (C=O) groups is 1. The summed E-state index contributed by atoms with van der Waals surface area (Å²) < 4.78 is 1.93. The number of nitrogens with zero attached hydrogens (tertiary/aromatic N) is 4. The number of rotatable bonds is 4. The Morgan fingerprint density at radius 1 is 1.35 bits per heavy atom. The highest BCUT2D eigenvalue weighted by molar-refractivity contribution is 6.04. The minimum Gasteiger partial charge on any atom is -0.319 e. The molecule has 0 spiro atoms. The van der Waals surface area contributed by atoms with Crippen LogP contribution in [0.15, 0.2) is 43.0 Å². The topological polar surface area (TPSA) is 88.5 Å². The molecule has 0 bridgehead atoms. The van der Waals surface area contributed by atoms with E-state index in [1.165, 1.54) is 12.7 Å². The first kappa shape index (κ1) is 13.7. The van der Waals surface area contributed by atoms with Gasteiger partial charge in [0.1, 0.15) is 6.33 Å². The predicted molar refractivity (Wildman–Crippen MR) is 84.9 cm³/mol. The van der Waals surface area contributed by atoms with E-state index in [2.05, 4.69) is 25.6 Å². The van der Waals surface area contributed by atoms with Crippen molar-refractivity contribution in [2.24, 2.45) is 0 Å². The number of anilines is 1. The van der Waals surface area contributed by atoms with Gasteiger partial charge in [-0.25, -0.2) is 4.98 Å². The molecule has 116 valence electrons. The first-order valence-electron chi connectivity index (χ1n) is 7.61. The zero-order valence-corrected chi connectivity index (χ0v) is 12.4. The lowest BCUT2D eigenvalue weighted by Gasteiger charge is -2.25. The molecule has 1 fully saturated rings. The molecule has 0 unspecified atom stereocenters. The molecule has 3 aromatic rings. The lowest BCUT2D eigenvalue weighted by molar-refractivity contribution is 0.102. The van der Waals surface area contributed by atoms with Crippen LogP contribution >= 0.6 is 0 Å². The van der Waals surface area contributed by atoms with Crippen molar-refractivity contribution in [3.63, 3.8) is 0 Å². The van der Waals surface area contributed by atoms with Gasteiger partial charge in [0.2, 0.25) is 0 Å². The summed E-state index contributed by atoms with van der Waals surface area (Å²) in [5, 5.41) is 13.8. The third-order valence-corrected chi connectivity index (χ3v) is 4.12. The molecule has 2 aromatic heterocycles. The molecule has 1 aliphatic rings. The van der Waals surface area contributed by atoms with Gasteiger partial charge in [-0.1, -0.05) is 12.1 Å². The molecule has 2 heterocycles. The van der Waals surface area contributed by atoms with Gasteiger partial charge >= 0.3 is 0 Å². The van der Waals surface area contributed by atoms with Crippen molar-refractivity contribution < 1.29 is 4.79 Å². The van der Waals surface area contributed by atoms with Crippen LogP contribution in [-0.2, 0) is 0 Å². The van der Waals surface area contributed by atoms with Crippen LogP contribution in [0.5, 0.6) is 0 Å². The lowest BCUT2D eigenvalue weighted by Crippen LogP contribution is -2.17. The fourth-order valence-corrected chi connectivity index (χ4v) is 2.61. The zero-order valence-electron chi connectivity index (χ0n) is 12.4. The summed E-state index contributed by atoms with van der Waals surface area (Å²) in [6.45, 7) is 0. The summed E-state index contributed by atoms with van der Waals surface area (Å²) >= 11 is 0. The summed E-state index contributed by atoms with van der Waals surface area (Å²) in [5.41, 5.74) is 2.10. The molecule has 1 aromatic carbocycles. The Balaban J connectivity index is 1.50. The number of carbonyl (C=O) groups excluding carboxylic acids is 1. The van der Waals surface area contributed by atoms with E-state index >= 15 is 0 Å². The predicted octanol–water partition coefficient (Wildman–Crippen LogP) is 2.65. The number of H-pyrrole nitrogens is 1. The smallest absolute Gasteiger partial charge is 0.255 e. The molecule has 2 N–H and O–H groups in total. The third-order valence-electron chi connectivity index (χ3n) is 4.12. The van der Waals surface area contributed by atoms with E-state index in [4.69, 9.17) is 0 Å². The summed E-state index contributed by atoms with van der Waals surface area (Å²) in [5.74, 6) is 0.469. The highest BCUT2D eigenvalue weighted by Gasteiger charge is 2.20. The second kappa shape index (κ2) is 5.68. The number of hydrogen-bond donors (Lipinski definition) is 2. The molecule has 4 rings (SSSR count). The molecule has 7 heteroatoms.